The summed E-state index contributed by atoms with van der Waals surface area (Å²) < 4.78 is 5.63. The highest BCUT2D eigenvalue weighted by atomic mass is 16.5. The highest BCUT2D eigenvalue weighted by Gasteiger charge is 2.37. The van der Waals surface area contributed by atoms with Gasteiger partial charge in [-0.05, 0) is 63.8 Å². The molecule has 2 fully saturated rings. The largest absolute Gasteiger partial charge is 0.381 e. The van der Waals surface area contributed by atoms with Crippen LogP contribution in [0.3, 0.4) is 0 Å². The molecule has 3 heteroatoms. The Balaban J connectivity index is 1.93. The monoisotopic (exact) mass is 296 g/mol. The van der Waals surface area contributed by atoms with E-state index in [1.54, 1.807) is 0 Å². The standard InChI is InChI=1S/C18H36N2O/c1-15(2)16-6-9-20(12-16)14-18(7-10-21-11-8-18)13-19-17(3,4)5/h15-16,19H,6-14H2,1-5H3. The summed E-state index contributed by atoms with van der Waals surface area (Å²) in [5.74, 6) is 1.73. The molecule has 0 aliphatic carbocycles. The minimum Gasteiger partial charge on any atom is -0.381 e. The molecular weight excluding hydrogens is 260 g/mol. The molecule has 2 heterocycles. The van der Waals surface area contributed by atoms with E-state index in [2.05, 4.69) is 44.8 Å². The van der Waals surface area contributed by atoms with Gasteiger partial charge in [-0.25, -0.2) is 0 Å². The second kappa shape index (κ2) is 6.97. The van der Waals surface area contributed by atoms with Gasteiger partial charge in [0.05, 0.1) is 0 Å². The second-order valence-electron chi connectivity index (χ2n) is 8.74. The van der Waals surface area contributed by atoms with Crippen LogP contribution in [0.4, 0.5) is 0 Å². The first-order chi connectivity index (χ1) is 9.80. The van der Waals surface area contributed by atoms with Gasteiger partial charge in [-0.15, -0.1) is 0 Å². The molecule has 0 aromatic carbocycles. The molecular formula is C18H36N2O. The van der Waals surface area contributed by atoms with Crippen LogP contribution in [-0.4, -0.2) is 49.8 Å². The van der Waals surface area contributed by atoms with Gasteiger partial charge in [-0.1, -0.05) is 13.8 Å². The maximum Gasteiger partial charge on any atom is 0.0472 e. The number of hydrogen-bond donors (Lipinski definition) is 1. The van der Waals surface area contributed by atoms with E-state index in [4.69, 9.17) is 4.74 Å². The molecule has 2 aliphatic rings. The van der Waals surface area contributed by atoms with E-state index in [-0.39, 0.29) is 5.54 Å². The first-order valence-electron chi connectivity index (χ1n) is 8.85. The molecule has 0 aromatic rings. The van der Waals surface area contributed by atoms with Gasteiger partial charge in [0.2, 0.25) is 0 Å². The number of hydrogen-bond acceptors (Lipinski definition) is 3. The van der Waals surface area contributed by atoms with Crippen molar-refractivity contribution in [1.82, 2.24) is 10.2 Å². The molecule has 0 aromatic heterocycles. The third-order valence-corrected chi connectivity index (χ3v) is 5.36. The molecule has 2 aliphatic heterocycles. The third-order valence-electron chi connectivity index (χ3n) is 5.36. The van der Waals surface area contributed by atoms with Gasteiger partial charge in [0.1, 0.15) is 0 Å². The van der Waals surface area contributed by atoms with Crippen molar-refractivity contribution in [2.75, 3.05) is 39.4 Å². The van der Waals surface area contributed by atoms with E-state index >= 15 is 0 Å². The van der Waals surface area contributed by atoms with Crippen molar-refractivity contribution in [2.45, 2.75) is 59.4 Å². The van der Waals surface area contributed by atoms with Crippen molar-refractivity contribution in [2.24, 2.45) is 17.3 Å². The van der Waals surface area contributed by atoms with E-state index in [0.717, 1.165) is 31.6 Å². The lowest BCUT2D eigenvalue weighted by Crippen LogP contribution is -2.50. The zero-order chi connectivity index (χ0) is 15.5. The summed E-state index contributed by atoms with van der Waals surface area (Å²) in [6.07, 6.45) is 3.80. The lowest BCUT2D eigenvalue weighted by Gasteiger charge is -2.42. The molecule has 3 nitrogen and oxygen atoms in total. The average molecular weight is 296 g/mol. The van der Waals surface area contributed by atoms with Gasteiger partial charge in [0.25, 0.3) is 0 Å². The van der Waals surface area contributed by atoms with Crippen LogP contribution in [0.5, 0.6) is 0 Å². The minimum atomic E-state index is 0.205. The smallest absolute Gasteiger partial charge is 0.0472 e. The van der Waals surface area contributed by atoms with Crippen LogP contribution in [0.15, 0.2) is 0 Å². The van der Waals surface area contributed by atoms with Gasteiger partial charge >= 0.3 is 0 Å². The van der Waals surface area contributed by atoms with Gasteiger partial charge < -0.3 is 15.0 Å². The Morgan fingerprint density at radius 2 is 1.90 bits per heavy atom. The molecule has 0 saturated carbocycles. The van der Waals surface area contributed by atoms with E-state index in [9.17, 15) is 0 Å². The van der Waals surface area contributed by atoms with Crippen LogP contribution < -0.4 is 5.32 Å². The predicted molar refractivity (Wildman–Crippen MR) is 89.6 cm³/mol. The van der Waals surface area contributed by atoms with Crippen LogP contribution in [0, 0.1) is 17.3 Å². The second-order valence-corrected chi connectivity index (χ2v) is 8.74. The predicted octanol–water partition coefficient (Wildman–Crippen LogP) is 3.15. The molecule has 0 spiro atoms. The summed E-state index contributed by atoms with van der Waals surface area (Å²) in [5, 5.41) is 3.76. The number of nitrogens with zero attached hydrogens (tertiary/aromatic N) is 1. The van der Waals surface area contributed by atoms with Gasteiger partial charge in [0.15, 0.2) is 0 Å². The number of ether oxygens (including phenoxy) is 1. The van der Waals surface area contributed by atoms with Crippen molar-refractivity contribution < 1.29 is 4.74 Å². The molecule has 124 valence electrons. The first-order valence-corrected chi connectivity index (χ1v) is 8.85. The topological polar surface area (TPSA) is 24.5 Å². The molecule has 2 rings (SSSR count). The number of rotatable bonds is 5. The normalized spacial score (nSPS) is 27.4. The Bertz CT molecular complexity index is 316. The summed E-state index contributed by atoms with van der Waals surface area (Å²) in [4.78, 5) is 2.72. The number of nitrogens with one attached hydrogen (secondary N) is 1. The summed E-state index contributed by atoms with van der Waals surface area (Å²) in [6, 6.07) is 0. The quantitative estimate of drug-likeness (QED) is 0.843. The van der Waals surface area contributed by atoms with E-state index in [1.807, 2.05) is 0 Å². The van der Waals surface area contributed by atoms with Crippen LogP contribution in [0.2, 0.25) is 0 Å². The number of likely N-dealkylation sites (tertiary alicyclic amines) is 1. The zero-order valence-corrected chi connectivity index (χ0v) is 14.9. The van der Waals surface area contributed by atoms with E-state index in [0.29, 0.717) is 5.41 Å². The lowest BCUT2D eigenvalue weighted by molar-refractivity contribution is -0.00441. The van der Waals surface area contributed by atoms with Crippen LogP contribution >= 0.6 is 0 Å². The van der Waals surface area contributed by atoms with Crippen molar-refractivity contribution in [3.63, 3.8) is 0 Å². The van der Waals surface area contributed by atoms with Crippen LogP contribution in [-0.2, 0) is 4.74 Å². The molecule has 0 bridgehead atoms. The third kappa shape index (κ3) is 5.22. The molecule has 21 heavy (non-hydrogen) atoms. The molecule has 2 saturated heterocycles. The van der Waals surface area contributed by atoms with Crippen molar-refractivity contribution >= 4 is 0 Å². The summed E-state index contributed by atoms with van der Waals surface area (Å²) >= 11 is 0. The van der Waals surface area contributed by atoms with Crippen molar-refractivity contribution in [1.29, 1.82) is 0 Å². The Labute approximate surface area is 131 Å². The van der Waals surface area contributed by atoms with Crippen molar-refractivity contribution in [3.8, 4) is 0 Å². The fourth-order valence-electron chi connectivity index (χ4n) is 3.67. The highest BCUT2D eigenvalue weighted by Crippen LogP contribution is 2.34. The van der Waals surface area contributed by atoms with Crippen LogP contribution in [0.1, 0.15) is 53.9 Å². The molecule has 1 unspecified atom stereocenters. The Morgan fingerprint density at radius 3 is 2.43 bits per heavy atom. The molecule has 1 N–H and O–H groups in total. The molecule has 1 atom stereocenters. The van der Waals surface area contributed by atoms with E-state index in [1.165, 1.54) is 38.9 Å². The fraction of sp³-hybridized carbons (Fsp3) is 1.00. The maximum atomic E-state index is 5.63. The summed E-state index contributed by atoms with van der Waals surface area (Å²) in [6.45, 7) is 18.4. The average Bonchev–Trinajstić information content (AvgIpc) is 2.85. The summed E-state index contributed by atoms with van der Waals surface area (Å²) in [7, 11) is 0. The Hall–Kier alpha value is -0.120. The first kappa shape index (κ1) is 17.2. The van der Waals surface area contributed by atoms with Crippen molar-refractivity contribution in [3.05, 3.63) is 0 Å². The minimum absolute atomic E-state index is 0.205. The highest BCUT2D eigenvalue weighted by molar-refractivity contribution is 4.91. The molecule has 0 amide bonds. The van der Waals surface area contributed by atoms with Crippen LogP contribution in [0.25, 0.3) is 0 Å². The zero-order valence-electron chi connectivity index (χ0n) is 14.9. The van der Waals surface area contributed by atoms with Gasteiger partial charge in [-0.2, -0.15) is 0 Å². The van der Waals surface area contributed by atoms with Gasteiger partial charge in [0, 0.05) is 38.4 Å². The Kier molecular flexibility index (Phi) is 5.72. The Morgan fingerprint density at radius 1 is 1.24 bits per heavy atom. The van der Waals surface area contributed by atoms with Gasteiger partial charge in [-0.3, -0.25) is 0 Å². The molecule has 0 radical (unpaired) electrons. The summed E-state index contributed by atoms with van der Waals surface area (Å²) in [5.41, 5.74) is 0.619. The van der Waals surface area contributed by atoms with E-state index < -0.39 is 0 Å². The SMILES string of the molecule is CC(C)C1CCN(CC2(CNC(C)(C)C)CCOCC2)C1. The fourth-order valence-corrected chi connectivity index (χ4v) is 3.67. The lowest BCUT2D eigenvalue weighted by atomic mass is 9.79. The maximum absolute atomic E-state index is 5.63.